The van der Waals surface area contributed by atoms with Crippen LogP contribution >= 0.6 is 0 Å². The molecule has 0 N–H and O–H groups in total. The molecule has 106 valence electrons. The quantitative estimate of drug-likeness (QED) is 0.719. The lowest BCUT2D eigenvalue weighted by Crippen LogP contribution is -2.24. The first-order valence-corrected chi connectivity index (χ1v) is 7.21. The van der Waals surface area contributed by atoms with E-state index in [0.29, 0.717) is 0 Å². The minimum absolute atomic E-state index is 0.442. The molecule has 2 nitrogen and oxygen atoms in total. The lowest BCUT2D eigenvalue weighted by Gasteiger charge is -2.24. The molecular formula is C17H21FN2. The van der Waals surface area contributed by atoms with Gasteiger partial charge in [0.05, 0.1) is 0 Å². The Morgan fingerprint density at radius 2 is 1.50 bits per heavy atom. The van der Waals surface area contributed by atoms with Crippen molar-refractivity contribution in [1.29, 1.82) is 0 Å². The monoisotopic (exact) mass is 272 g/mol. The van der Waals surface area contributed by atoms with E-state index in [-0.39, 0.29) is 0 Å². The van der Waals surface area contributed by atoms with E-state index in [0.717, 1.165) is 37.1 Å². The van der Waals surface area contributed by atoms with Gasteiger partial charge in [-0.3, -0.25) is 0 Å². The van der Waals surface area contributed by atoms with Gasteiger partial charge in [0, 0.05) is 30.5 Å². The Kier molecular flexibility index (Phi) is 5.10. The molecule has 0 unspecified atom stereocenters. The number of halogens is 1. The van der Waals surface area contributed by atoms with Gasteiger partial charge < -0.3 is 4.90 Å². The Morgan fingerprint density at radius 1 is 0.900 bits per heavy atom. The summed E-state index contributed by atoms with van der Waals surface area (Å²) < 4.78 is 12.8. The molecule has 0 spiro atoms. The highest BCUT2D eigenvalue weighted by Crippen LogP contribution is 2.23. The van der Waals surface area contributed by atoms with E-state index in [1.165, 1.54) is 11.8 Å². The van der Waals surface area contributed by atoms with Gasteiger partial charge in [-0.15, -0.1) is 0 Å². The fourth-order valence-corrected chi connectivity index (χ4v) is 2.32. The van der Waals surface area contributed by atoms with Crippen LogP contribution in [0.1, 0.15) is 26.7 Å². The second-order valence-electron chi connectivity index (χ2n) is 4.90. The SMILES string of the molecule is CCCN(CCC)c1ccc(-c2ccc(F)nc2)cc1. The zero-order valence-electron chi connectivity index (χ0n) is 12.1. The van der Waals surface area contributed by atoms with Gasteiger partial charge in [0.15, 0.2) is 0 Å². The smallest absolute Gasteiger partial charge is 0.212 e. The summed E-state index contributed by atoms with van der Waals surface area (Å²) in [5.74, 6) is -0.442. The van der Waals surface area contributed by atoms with Crippen molar-refractivity contribution < 1.29 is 4.39 Å². The van der Waals surface area contributed by atoms with E-state index in [1.54, 1.807) is 12.3 Å². The summed E-state index contributed by atoms with van der Waals surface area (Å²) in [7, 11) is 0. The third-order valence-corrected chi connectivity index (χ3v) is 3.28. The maximum absolute atomic E-state index is 12.8. The molecule has 0 saturated heterocycles. The standard InChI is InChI=1S/C17H21FN2/c1-3-11-20(12-4-2)16-8-5-14(6-9-16)15-7-10-17(18)19-13-15/h5-10,13H,3-4,11-12H2,1-2H3. The lowest BCUT2D eigenvalue weighted by atomic mass is 10.1. The Labute approximate surface area is 120 Å². The molecule has 0 amide bonds. The second-order valence-corrected chi connectivity index (χ2v) is 4.90. The molecule has 2 rings (SSSR count). The van der Waals surface area contributed by atoms with Gasteiger partial charge in [-0.1, -0.05) is 26.0 Å². The molecule has 0 fully saturated rings. The molecule has 0 atom stereocenters. The number of benzene rings is 1. The van der Waals surface area contributed by atoms with E-state index in [9.17, 15) is 4.39 Å². The van der Waals surface area contributed by atoms with Gasteiger partial charge in [0.25, 0.3) is 0 Å². The van der Waals surface area contributed by atoms with Crippen molar-refractivity contribution in [2.75, 3.05) is 18.0 Å². The van der Waals surface area contributed by atoms with Crippen molar-refractivity contribution in [3.05, 3.63) is 48.5 Å². The van der Waals surface area contributed by atoms with Gasteiger partial charge in [-0.05, 0) is 42.7 Å². The fraction of sp³-hybridized carbons (Fsp3) is 0.353. The van der Waals surface area contributed by atoms with Crippen LogP contribution in [-0.4, -0.2) is 18.1 Å². The predicted molar refractivity (Wildman–Crippen MR) is 82.4 cm³/mol. The number of hydrogen-bond donors (Lipinski definition) is 0. The summed E-state index contributed by atoms with van der Waals surface area (Å²) >= 11 is 0. The zero-order chi connectivity index (χ0) is 14.4. The molecule has 20 heavy (non-hydrogen) atoms. The van der Waals surface area contributed by atoms with Crippen LogP contribution < -0.4 is 4.90 Å². The highest BCUT2D eigenvalue weighted by atomic mass is 19.1. The Bertz CT molecular complexity index is 514. The van der Waals surface area contributed by atoms with Crippen molar-refractivity contribution in [1.82, 2.24) is 4.98 Å². The number of anilines is 1. The molecule has 0 bridgehead atoms. The number of nitrogens with zero attached hydrogens (tertiary/aromatic N) is 2. The molecule has 0 aliphatic heterocycles. The summed E-state index contributed by atoms with van der Waals surface area (Å²) in [6, 6.07) is 11.6. The lowest BCUT2D eigenvalue weighted by molar-refractivity contribution is 0.584. The van der Waals surface area contributed by atoms with Crippen LogP contribution in [-0.2, 0) is 0 Å². The van der Waals surface area contributed by atoms with Gasteiger partial charge >= 0.3 is 0 Å². The van der Waals surface area contributed by atoms with E-state index < -0.39 is 5.95 Å². The van der Waals surface area contributed by atoms with Crippen LogP contribution in [0.2, 0.25) is 0 Å². The summed E-state index contributed by atoms with van der Waals surface area (Å²) in [4.78, 5) is 6.09. The first kappa shape index (κ1) is 14.5. The number of pyridine rings is 1. The highest BCUT2D eigenvalue weighted by molar-refractivity contribution is 5.65. The Balaban J connectivity index is 2.18. The number of rotatable bonds is 6. The normalized spacial score (nSPS) is 10.6. The van der Waals surface area contributed by atoms with E-state index in [2.05, 4.69) is 48.0 Å². The van der Waals surface area contributed by atoms with Gasteiger partial charge in [-0.25, -0.2) is 4.98 Å². The molecule has 0 radical (unpaired) electrons. The minimum atomic E-state index is -0.442. The zero-order valence-corrected chi connectivity index (χ0v) is 12.1. The van der Waals surface area contributed by atoms with Crippen LogP contribution in [0.15, 0.2) is 42.6 Å². The second kappa shape index (κ2) is 7.04. The molecule has 1 aromatic heterocycles. The average Bonchev–Trinajstić information content (AvgIpc) is 2.48. The van der Waals surface area contributed by atoms with E-state index in [4.69, 9.17) is 0 Å². The summed E-state index contributed by atoms with van der Waals surface area (Å²) in [5.41, 5.74) is 3.25. The van der Waals surface area contributed by atoms with Crippen molar-refractivity contribution in [2.45, 2.75) is 26.7 Å². The first-order chi connectivity index (χ1) is 9.74. The van der Waals surface area contributed by atoms with Gasteiger partial charge in [0.2, 0.25) is 5.95 Å². The molecule has 1 heterocycles. The summed E-state index contributed by atoms with van der Waals surface area (Å²) in [6.07, 6.45) is 3.85. The van der Waals surface area contributed by atoms with Crippen molar-refractivity contribution in [3.8, 4) is 11.1 Å². The maximum atomic E-state index is 12.8. The van der Waals surface area contributed by atoms with E-state index in [1.807, 2.05) is 0 Å². The number of hydrogen-bond acceptors (Lipinski definition) is 2. The molecule has 2 aromatic rings. The topological polar surface area (TPSA) is 16.1 Å². The molecular weight excluding hydrogens is 251 g/mol. The van der Waals surface area contributed by atoms with Gasteiger partial charge in [-0.2, -0.15) is 4.39 Å². The largest absolute Gasteiger partial charge is 0.372 e. The molecule has 0 saturated carbocycles. The van der Waals surface area contributed by atoms with Crippen LogP contribution in [0.25, 0.3) is 11.1 Å². The van der Waals surface area contributed by atoms with Crippen LogP contribution in [0.5, 0.6) is 0 Å². The van der Waals surface area contributed by atoms with E-state index >= 15 is 0 Å². The van der Waals surface area contributed by atoms with Crippen molar-refractivity contribution in [3.63, 3.8) is 0 Å². The Morgan fingerprint density at radius 3 is 2.00 bits per heavy atom. The van der Waals surface area contributed by atoms with Crippen molar-refractivity contribution in [2.24, 2.45) is 0 Å². The Hall–Kier alpha value is -1.90. The average molecular weight is 272 g/mol. The molecule has 1 aromatic carbocycles. The van der Waals surface area contributed by atoms with Gasteiger partial charge in [0.1, 0.15) is 0 Å². The van der Waals surface area contributed by atoms with Crippen LogP contribution in [0, 0.1) is 5.95 Å². The fourth-order valence-electron chi connectivity index (χ4n) is 2.32. The predicted octanol–water partition coefficient (Wildman–Crippen LogP) is 4.51. The molecule has 3 heteroatoms. The maximum Gasteiger partial charge on any atom is 0.212 e. The molecule has 0 aliphatic rings. The first-order valence-electron chi connectivity index (χ1n) is 7.21. The van der Waals surface area contributed by atoms with Crippen molar-refractivity contribution >= 4 is 5.69 Å². The highest BCUT2D eigenvalue weighted by Gasteiger charge is 2.05. The van der Waals surface area contributed by atoms with Crippen LogP contribution in [0.4, 0.5) is 10.1 Å². The number of aromatic nitrogens is 1. The summed E-state index contributed by atoms with van der Waals surface area (Å²) in [5, 5.41) is 0. The molecule has 0 aliphatic carbocycles. The van der Waals surface area contributed by atoms with Crippen LogP contribution in [0.3, 0.4) is 0 Å². The summed E-state index contributed by atoms with van der Waals surface area (Å²) in [6.45, 7) is 6.54. The minimum Gasteiger partial charge on any atom is -0.372 e. The third-order valence-electron chi connectivity index (χ3n) is 3.28. The third kappa shape index (κ3) is 3.56.